The van der Waals surface area contributed by atoms with Gasteiger partial charge in [0, 0.05) is 24.2 Å². The zero-order valence-corrected chi connectivity index (χ0v) is 18.9. The van der Waals surface area contributed by atoms with E-state index in [1.165, 1.54) is 11.6 Å². The van der Waals surface area contributed by atoms with E-state index >= 15 is 0 Å². The molecule has 2 aromatic carbocycles. The van der Waals surface area contributed by atoms with Gasteiger partial charge in [0.25, 0.3) is 5.91 Å². The fourth-order valence-electron chi connectivity index (χ4n) is 5.18. The normalized spacial score (nSPS) is 18.2. The summed E-state index contributed by atoms with van der Waals surface area (Å²) in [5, 5.41) is 0. The van der Waals surface area contributed by atoms with Crippen LogP contribution in [0.5, 0.6) is 0 Å². The molecule has 4 nitrogen and oxygen atoms in total. The van der Waals surface area contributed by atoms with E-state index in [4.69, 9.17) is 4.42 Å². The molecule has 0 N–H and O–H groups in total. The number of halogens is 1. The molecule has 1 aliphatic heterocycles. The maximum Gasteiger partial charge on any atom is 0.290 e. The Morgan fingerprint density at radius 3 is 2.36 bits per heavy atom. The third kappa shape index (κ3) is 5.19. The molecule has 1 amide bonds. The average Bonchev–Trinajstić information content (AvgIpc) is 3.52. The number of piperidine rings is 1. The molecule has 0 bridgehead atoms. The molecular weight excluding hydrogens is 415 g/mol. The molecule has 0 spiro atoms. The van der Waals surface area contributed by atoms with Crippen molar-refractivity contribution in [3.63, 3.8) is 0 Å². The number of nitrogens with zero attached hydrogens (tertiary/aromatic N) is 2. The molecule has 2 heterocycles. The van der Waals surface area contributed by atoms with Crippen molar-refractivity contribution in [2.75, 3.05) is 13.1 Å². The molecule has 5 rings (SSSR count). The monoisotopic (exact) mass is 446 g/mol. The molecule has 5 heteroatoms. The van der Waals surface area contributed by atoms with Crippen molar-refractivity contribution >= 4 is 5.91 Å². The molecule has 0 radical (unpaired) electrons. The summed E-state index contributed by atoms with van der Waals surface area (Å²) in [7, 11) is 0. The lowest BCUT2D eigenvalue weighted by atomic mass is 9.84. The lowest BCUT2D eigenvalue weighted by molar-refractivity contribution is 0.0453. The van der Waals surface area contributed by atoms with Crippen LogP contribution in [0.4, 0.5) is 4.39 Å². The van der Waals surface area contributed by atoms with Gasteiger partial charge in [0.05, 0.1) is 6.26 Å². The maximum atomic E-state index is 14.1. The minimum atomic E-state index is -0.134. The summed E-state index contributed by atoms with van der Waals surface area (Å²) < 4.78 is 19.6. The van der Waals surface area contributed by atoms with E-state index < -0.39 is 0 Å². The Labute approximate surface area is 195 Å². The summed E-state index contributed by atoms with van der Waals surface area (Å²) in [6.07, 6.45) is 6.54. The molecule has 0 unspecified atom stereocenters. The first kappa shape index (κ1) is 21.9. The molecule has 1 saturated heterocycles. The van der Waals surface area contributed by atoms with Crippen LogP contribution in [0.2, 0.25) is 0 Å². The standard InChI is InChI=1S/C28H31FN2O2/c29-25-10-5-4-9-23(25)20-30-16-14-22(15-17-30)26(19-21-7-2-1-3-8-21)31(24-12-13-24)28(32)27-11-6-18-33-27/h1-11,18,22,24,26H,12-17,19-20H2/t26-/m1/s1. The largest absolute Gasteiger partial charge is 0.459 e. The Hall–Kier alpha value is -2.92. The predicted molar refractivity (Wildman–Crippen MR) is 126 cm³/mol. The number of amides is 1. The Kier molecular flexibility index (Phi) is 6.58. The zero-order chi connectivity index (χ0) is 22.6. The lowest BCUT2D eigenvalue weighted by Gasteiger charge is -2.41. The van der Waals surface area contributed by atoms with Gasteiger partial charge in [-0.05, 0) is 74.9 Å². The minimum absolute atomic E-state index is 0.0113. The number of hydrogen-bond donors (Lipinski definition) is 0. The summed E-state index contributed by atoms with van der Waals surface area (Å²) in [5.41, 5.74) is 2.01. The van der Waals surface area contributed by atoms with Gasteiger partial charge >= 0.3 is 0 Å². The van der Waals surface area contributed by atoms with Gasteiger partial charge in [-0.2, -0.15) is 0 Å². The fraction of sp³-hybridized carbons (Fsp3) is 0.393. The van der Waals surface area contributed by atoms with Gasteiger partial charge in [0.1, 0.15) is 5.82 Å². The third-order valence-corrected chi connectivity index (χ3v) is 7.08. The first-order valence-corrected chi connectivity index (χ1v) is 12.0. The molecule has 2 aliphatic rings. The second-order valence-electron chi connectivity index (χ2n) is 9.38. The smallest absolute Gasteiger partial charge is 0.290 e. The maximum absolute atomic E-state index is 14.1. The van der Waals surface area contributed by atoms with Crippen molar-refractivity contribution in [1.29, 1.82) is 0 Å². The van der Waals surface area contributed by atoms with Crippen LogP contribution in [-0.4, -0.2) is 40.9 Å². The van der Waals surface area contributed by atoms with Crippen LogP contribution in [0, 0.1) is 11.7 Å². The molecule has 172 valence electrons. The van der Waals surface area contributed by atoms with Gasteiger partial charge in [-0.1, -0.05) is 48.5 Å². The van der Waals surface area contributed by atoms with E-state index in [-0.39, 0.29) is 17.8 Å². The fourth-order valence-corrected chi connectivity index (χ4v) is 5.18. The van der Waals surface area contributed by atoms with Crippen molar-refractivity contribution in [2.45, 2.75) is 50.7 Å². The van der Waals surface area contributed by atoms with Crippen LogP contribution in [-0.2, 0) is 13.0 Å². The van der Waals surface area contributed by atoms with Crippen molar-refractivity contribution in [2.24, 2.45) is 5.92 Å². The second-order valence-corrected chi connectivity index (χ2v) is 9.38. The number of furan rings is 1. The highest BCUT2D eigenvalue weighted by atomic mass is 19.1. The van der Waals surface area contributed by atoms with E-state index in [0.717, 1.165) is 50.8 Å². The lowest BCUT2D eigenvalue weighted by Crippen LogP contribution is -2.50. The highest BCUT2D eigenvalue weighted by molar-refractivity contribution is 5.92. The Balaban J connectivity index is 1.33. The highest BCUT2D eigenvalue weighted by Gasteiger charge is 2.42. The van der Waals surface area contributed by atoms with E-state index in [1.807, 2.05) is 18.2 Å². The van der Waals surface area contributed by atoms with E-state index in [0.29, 0.717) is 24.3 Å². The third-order valence-electron chi connectivity index (χ3n) is 7.08. The first-order chi connectivity index (χ1) is 16.2. The summed E-state index contributed by atoms with van der Waals surface area (Å²) in [6.45, 7) is 2.47. The quantitative estimate of drug-likeness (QED) is 0.455. The van der Waals surface area contributed by atoms with Crippen LogP contribution < -0.4 is 0 Å². The summed E-state index contributed by atoms with van der Waals surface area (Å²) >= 11 is 0. The second kappa shape index (κ2) is 9.92. The van der Waals surface area contributed by atoms with Gasteiger partial charge in [0.15, 0.2) is 5.76 Å². The topological polar surface area (TPSA) is 36.7 Å². The summed E-state index contributed by atoms with van der Waals surface area (Å²) in [6, 6.07) is 21.5. The molecule has 3 aromatic rings. The van der Waals surface area contributed by atoms with Crippen LogP contribution >= 0.6 is 0 Å². The molecule has 1 saturated carbocycles. The van der Waals surface area contributed by atoms with Gasteiger partial charge < -0.3 is 9.32 Å². The van der Waals surface area contributed by atoms with E-state index in [9.17, 15) is 9.18 Å². The van der Waals surface area contributed by atoms with Crippen molar-refractivity contribution in [1.82, 2.24) is 9.80 Å². The molecule has 33 heavy (non-hydrogen) atoms. The van der Waals surface area contributed by atoms with Crippen molar-refractivity contribution in [3.8, 4) is 0 Å². The van der Waals surface area contributed by atoms with Gasteiger partial charge in [-0.25, -0.2) is 4.39 Å². The highest BCUT2D eigenvalue weighted by Crippen LogP contribution is 2.36. The Bertz CT molecular complexity index is 1040. The molecule has 1 aliphatic carbocycles. The van der Waals surface area contributed by atoms with Crippen molar-refractivity contribution < 1.29 is 13.6 Å². The number of hydrogen-bond acceptors (Lipinski definition) is 3. The van der Waals surface area contributed by atoms with E-state index in [2.05, 4.69) is 34.1 Å². The van der Waals surface area contributed by atoms with Crippen LogP contribution in [0.25, 0.3) is 0 Å². The van der Waals surface area contributed by atoms with Crippen LogP contribution in [0.3, 0.4) is 0 Å². The molecule has 1 aromatic heterocycles. The number of likely N-dealkylation sites (tertiary alicyclic amines) is 1. The molecule has 2 fully saturated rings. The minimum Gasteiger partial charge on any atom is -0.459 e. The summed E-state index contributed by atoms with van der Waals surface area (Å²) in [5.74, 6) is 0.710. The van der Waals surface area contributed by atoms with Gasteiger partial charge in [-0.3, -0.25) is 9.69 Å². The Morgan fingerprint density at radius 1 is 0.970 bits per heavy atom. The number of benzene rings is 2. The van der Waals surface area contributed by atoms with Gasteiger partial charge in [0.2, 0.25) is 0 Å². The zero-order valence-electron chi connectivity index (χ0n) is 18.9. The molecular formula is C28H31FN2O2. The molecule has 1 atom stereocenters. The first-order valence-electron chi connectivity index (χ1n) is 12.0. The van der Waals surface area contributed by atoms with Crippen LogP contribution in [0.15, 0.2) is 77.4 Å². The number of carbonyl (C=O) groups is 1. The predicted octanol–water partition coefficient (Wildman–Crippen LogP) is 5.55. The average molecular weight is 447 g/mol. The van der Waals surface area contributed by atoms with Crippen LogP contribution in [0.1, 0.15) is 47.4 Å². The summed E-state index contributed by atoms with van der Waals surface area (Å²) in [4.78, 5) is 18.0. The number of rotatable bonds is 8. The number of carbonyl (C=O) groups excluding carboxylic acids is 1. The Morgan fingerprint density at radius 2 is 1.70 bits per heavy atom. The SMILES string of the molecule is O=C(c1ccco1)N(C1CC1)[C@H](Cc1ccccc1)C1CCN(Cc2ccccc2F)CC1. The van der Waals surface area contributed by atoms with Gasteiger partial charge in [-0.15, -0.1) is 0 Å². The van der Waals surface area contributed by atoms with Crippen molar-refractivity contribution in [3.05, 3.63) is 95.7 Å². The van der Waals surface area contributed by atoms with E-state index in [1.54, 1.807) is 24.5 Å².